The Morgan fingerprint density at radius 2 is 1.73 bits per heavy atom. The second kappa shape index (κ2) is 7.86. The van der Waals surface area contributed by atoms with Crippen molar-refractivity contribution in [2.45, 2.75) is 24.9 Å². The lowest BCUT2D eigenvalue weighted by Crippen LogP contribution is -2.36. The molecule has 1 aliphatic heterocycles. The molecule has 2 aromatic rings. The smallest absolute Gasteiger partial charge is 0.406 e. The minimum Gasteiger partial charge on any atom is -0.406 e. The molecule has 2 aromatic carbocycles. The number of nitrogens with zero attached hydrogens (tertiary/aromatic N) is 1. The summed E-state index contributed by atoms with van der Waals surface area (Å²) in [6.45, 7) is 2.39. The highest BCUT2D eigenvalue weighted by atomic mass is 35.5. The molecule has 3 rings (SSSR count). The number of hydrogen-bond donors (Lipinski definition) is 1. The van der Waals surface area contributed by atoms with Gasteiger partial charge in [-0.2, -0.15) is 0 Å². The van der Waals surface area contributed by atoms with Gasteiger partial charge in [0.1, 0.15) is 5.75 Å². The van der Waals surface area contributed by atoms with E-state index in [9.17, 15) is 13.2 Å². The van der Waals surface area contributed by atoms with Crippen LogP contribution in [-0.2, 0) is 6.54 Å². The van der Waals surface area contributed by atoms with Gasteiger partial charge in [-0.05, 0) is 42.4 Å². The zero-order valence-electron chi connectivity index (χ0n) is 14.3. The van der Waals surface area contributed by atoms with Crippen LogP contribution in [0, 0.1) is 0 Å². The van der Waals surface area contributed by atoms with Gasteiger partial charge in [-0.1, -0.05) is 35.9 Å². The van der Waals surface area contributed by atoms with Crippen molar-refractivity contribution in [3.63, 3.8) is 0 Å². The third-order valence-electron chi connectivity index (χ3n) is 4.64. The number of benzene rings is 2. The van der Waals surface area contributed by atoms with Crippen LogP contribution in [0.2, 0.25) is 5.02 Å². The number of ether oxygens (including phenoxy) is 1. The van der Waals surface area contributed by atoms with Gasteiger partial charge in [-0.15, -0.1) is 13.2 Å². The molecular formula is C19H20ClF3N2O. The number of alkyl halides is 3. The van der Waals surface area contributed by atoms with Gasteiger partial charge in [0.25, 0.3) is 0 Å². The van der Waals surface area contributed by atoms with Crippen LogP contribution in [0.15, 0.2) is 48.5 Å². The maximum absolute atomic E-state index is 12.2. The minimum absolute atomic E-state index is 0.203. The van der Waals surface area contributed by atoms with Gasteiger partial charge in [0.15, 0.2) is 0 Å². The molecule has 1 heterocycles. The summed E-state index contributed by atoms with van der Waals surface area (Å²) >= 11 is 5.97. The molecule has 2 atom stereocenters. The summed E-state index contributed by atoms with van der Waals surface area (Å²) in [5.74, 6) is 0.135. The number of halogens is 4. The second-order valence-corrected chi connectivity index (χ2v) is 6.93. The molecule has 0 aliphatic carbocycles. The molecule has 0 aromatic heterocycles. The van der Waals surface area contributed by atoms with Crippen LogP contribution in [-0.4, -0.2) is 37.4 Å². The van der Waals surface area contributed by atoms with Gasteiger partial charge in [0, 0.05) is 36.6 Å². The summed E-state index contributed by atoms with van der Waals surface area (Å²) in [7, 11) is 2.03. The van der Waals surface area contributed by atoms with Crippen molar-refractivity contribution in [2.75, 3.05) is 20.1 Å². The highest BCUT2D eigenvalue weighted by molar-refractivity contribution is 6.30. The highest BCUT2D eigenvalue weighted by Crippen LogP contribution is 2.28. The fourth-order valence-electron chi connectivity index (χ4n) is 3.38. The summed E-state index contributed by atoms with van der Waals surface area (Å²) in [4.78, 5) is 2.22. The van der Waals surface area contributed by atoms with E-state index in [-0.39, 0.29) is 5.75 Å². The highest BCUT2D eigenvalue weighted by Gasteiger charge is 2.32. The van der Waals surface area contributed by atoms with Crippen LogP contribution in [0.25, 0.3) is 0 Å². The fourth-order valence-corrected chi connectivity index (χ4v) is 3.51. The number of nitrogens with one attached hydrogen (secondary N) is 1. The third-order valence-corrected chi connectivity index (χ3v) is 4.89. The van der Waals surface area contributed by atoms with E-state index >= 15 is 0 Å². The van der Waals surface area contributed by atoms with Crippen molar-refractivity contribution >= 4 is 11.6 Å². The Labute approximate surface area is 155 Å². The Morgan fingerprint density at radius 1 is 1.08 bits per heavy atom. The first-order chi connectivity index (χ1) is 12.3. The van der Waals surface area contributed by atoms with Gasteiger partial charge in [-0.3, -0.25) is 4.90 Å². The molecule has 0 amide bonds. The average molecular weight is 385 g/mol. The molecule has 0 radical (unpaired) electrons. The molecule has 0 saturated carbocycles. The topological polar surface area (TPSA) is 24.5 Å². The van der Waals surface area contributed by atoms with E-state index < -0.39 is 6.36 Å². The van der Waals surface area contributed by atoms with E-state index in [1.165, 1.54) is 17.7 Å². The zero-order chi connectivity index (χ0) is 18.7. The summed E-state index contributed by atoms with van der Waals surface area (Å²) in [5, 5.41) is 4.13. The van der Waals surface area contributed by atoms with Crippen molar-refractivity contribution < 1.29 is 17.9 Å². The molecular weight excluding hydrogens is 365 g/mol. The van der Waals surface area contributed by atoms with E-state index in [2.05, 4.69) is 15.0 Å². The standard InChI is InChI=1S/C19H20ClF3N2O/c1-25(12-13-2-8-16(9-3-13)26-19(21,22)23)18-11-24-10-17(18)14-4-6-15(20)7-5-14/h2-9,17-18,24H,10-12H2,1H3. The molecule has 1 saturated heterocycles. The van der Waals surface area contributed by atoms with Crippen molar-refractivity contribution in [3.05, 3.63) is 64.7 Å². The van der Waals surface area contributed by atoms with Gasteiger partial charge >= 0.3 is 6.36 Å². The van der Waals surface area contributed by atoms with E-state index in [0.29, 0.717) is 23.5 Å². The molecule has 140 valence electrons. The molecule has 1 fully saturated rings. The molecule has 1 aliphatic rings. The number of hydrogen-bond acceptors (Lipinski definition) is 3. The monoisotopic (exact) mass is 384 g/mol. The Hall–Kier alpha value is -1.76. The first-order valence-electron chi connectivity index (χ1n) is 8.33. The van der Waals surface area contributed by atoms with Crippen LogP contribution in [0.4, 0.5) is 13.2 Å². The maximum Gasteiger partial charge on any atom is 0.573 e. The van der Waals surface area contributed by atoms with Gasteiger partial charge in [-0.25, -0.2) is 0 Å². The molecule has 0 bridgehead atoms. The third kappa shape index (κ3) is 4.90. The zero-order valence-corrected chi connectivity index (χ0v) is 15.0. The van der Waals surface area contributed by atoms with Gasteiger partial charge in [0.05, 0.1) is 0 Å². The van der Waals surface area contributed by atoms with Gasteiger partial charge in [0.2, 0.25) is 0 Å². The van der Waals surface area contributed by atoms with Crippen molar-refractivity contribution in [3.8, 4) is 5.75 Å². The Bertz CT molecular complexity index is 719. The largest absolute Gasteiger partial charge is 0.573 e. The molecule has 7 heteroatoms. The van der Waals surface area contributed by atoms with Crippen LogP contribution < -0.4 is 10.1 Å². The van der Waals surface area contributed by atoms with E-state index in [1.807, 2.05) is 31.3 Å². The average Bonchev–Trinajstić information content (AvgIpc) is 3.06. The predicted molar refractivity (Wildman–Crippen MR) is 95.4 cm³/mol. The summed E-state index contributed by atoms with van der Waals surface area (Å²) in [6.07, 6.45) is -4.67. The van der Waals surface area contributed by atoms with Crippen LogP contribution in [0.5, 0.6) is 5.75 Å². The maximum atomic E-state index is 12.2. The lowest BCUT2D eigenvalue weighted by molar-refractivity contribution is -0.274. The van der Waals surface area contributed by atoms with E-state index in [0.717, 1.165) is 18.7 Å². The molecule has 3 nitrogen and oxygen atoms in total. The van der Waals surface area contributed by atoms with E-state index in [4.69, 9.17) is 11.6 Å². The number of rotatable bonds is 5. The SMILES string of the molecule is CN(Cc1ccc(OC(F)(F)F)cc1)C1CNCC1c1ccc(Cl)cc1. The molecule has 2 unspecified atom stereocenters. The first-order valence-corrected chi connectivity index (χ1v) is 8.71. The lowest BCUT2D eigenvalue weighted by atomic mass is 9.93. The Balaban J connectivity index is 1.65. The quantitative estimate of drug-likeness (QED) is 0.825. The second-order valence-electron chi connectivity index (χ2n) is 6.49. The van der Waals surface area contributed by atoms with Crippen LogP contribution in [0.3, 0.4) is 0 Å². The van der Waals surface area contributed by atoms with Crippen molar-refractivity contribution in [2.24, 2.45) is 0 Å². The van der Waals surface area contributed by atoms with Crippen molar-refractivity contribution in [1.29, 1.82) is 0 Å². The summed E-state index contributed by atoms with van der Waals surface area (Å²) < 4.78 is 40.6. The predicted octanol–water partition coefficient (Wildman–Crippen LogP) is 4.43. The molecule has 1 N–H and O–H groups in total. The lowest BCUT2D eigenvalue weighted by Gasteiger charge is -2.29. The molecule has 26 heavy (non-hydrogen) atoms. The van der Waals surface area contributed by atoms with Crippen molar-refractivity contribution in [1.82, 2.24) is 10.2 Å². The summed E-state index contributed by atoms with van der Waals surface area (Å²) in [6, 6.07) is 14.2. The normalized spacial score (nSPS) is 20.5. The Kier molecular flexibility index (Phi) is 5.75. The minimum atomic E-state index is -4.67. The summed E-state index contributed by atoms with van der Waals surface area (Å²) in [5.41, 5.74) is 2.16. The fraction of sp³-hybridized carbons (Fsp3) is 0.368. The van der Waals surface area contributed by atoms with E-state index in [1.54, 1.807) is 12.1 Å². The van der Waals surface area contributed by atoms with Crippen LogP contribution in [0.1, 0.15) is 17.0 Å². The Morgan fingerprint density at radius 3 is 2.35 bits per heavy atom. The molecule has 0 spiro atoms. The van der Waals surface area contributed by atoms with Crippen LogP contribution >= 0.6 is 11.6 Å². The number of likely N-dealkylation sites (N-methyl/N-ethyl adjacent to an activating group) is 1. The first kappa shape index (κ1) is 19.0. The van der Waals surface area contributed by atoms with Gasteiger partial charge < -0.3 is 10.1 Å².